The highest BCUT2D eigenvalue weighted by Crippen LogP contribution is 2.43. The lowest BCUT2D eigenvalue weighted by molar-refractivity contribution is -0.145. The van der Waals surface area contributed by atoms with Crippen LogP contribution < -0.4 is 0 Å². The second-order valence-electron chi connectivity index (χ2n) is 16.1. The van der Waals surface area contributed by atoms with Gasteiger partial charge in [-0.3, -0.25) is 0 Å². The SMILES string of the molecule is C[C@H]1OC=C[C@H](O[Si](C)(C)C(C)(C)C)[C@@H]1OC1=C[C@H](O[Si](C)(C)C(C)(C)C)[C@H](O[Si](C)(C)C(C)(C)C)[C@@H](C)O1. The molecule has 0 bridgehead atoms. The quantitative estimate of drug-likeness (QED) is 0.260. The average molecular weight is 601 g/mol. The van der Waals surface area contributed by atoms with Gasteiger partial charge in [-0.15, -0.1) is 0 Å². The monoisotopic (exact) mass is 600 g/mol. The van der Waals surface area contributed by atoms with Crippen LogP contribution in [-0.2, 0) is 27.5 Å². The molecular formula is C30H60O6Si3. The Labute approximate surface area is 243 Å². The van der Waals surface area contributed by atoms with Gasteiger partial charge in [-0.1, -0.05) is 62.3 Å². The summed E-state index contributed by atoms with van der Waals surface area (Å²) >= 11 is 0. The van der Waals surface area contributed by atoms with Crippen LogP contribution in [0.5, 0.6) is 0 Å². The molecule has 0 aliphatic carbocycles. The van der Waals surface area contributed by atoms with Gasteiger partial charge in [0.15, 0.2) is 31.1 Å². The maximum absolute atomic E-state index is 7.01. The first kappa shape index (κ1) is 34.6. The third-order valence-corrected chi connectivity index (χ3v) is 23.1. The van der Waals surface area contributed by atoms with Gasteiger partial charge in [-0.25, -0.2) is 0 Å². The minimum Gasteiger partial charge on any atom is -0.495 e. The van der Waals surface area contributed by atoms with E-state index >= 15 is 0 Å². The van der Waals surface area contributed by atoms with E-state index in [0.717, 1.165) is 0 Å². The van der Waals surface area contributed by atoms with Crippen molar-refractivity contribution in [2.24, 2.45) is 0 Å². The van der Waals surface area contributed by atoms with E-state index in [-0.39, 0.29) is 51.7 Å². The summed E-state index contributed by atoms with van der Waals surface area (Å²) in [6, 6.07) is 0. The van der Waals surface area contributed by atoms with Crippen LogP contribution in [0.4, 0.5) is 0 Å². The van der Waals surface area contributed by atoms with Gasteiger partial charge in [0.2, 0.25) is 0 Å². The predicted octanol–water partition coefficient (Wildman–Crippen LogP) is 8.74. The van der Waals surface area contributed by atoms with Crippen LogP contribution in [0.25, 0.3) is 0 Å². The van der Waals surface area contributed by atoms with Gasteiger partial charge < -0.3 is 27.5 Å². The highest BCUT2D eigenvalue weighted by atomic mass is 28.4. The van der Waals surface area contributed by atoms with Crippen LogP contribution in [0.3, 0.4) is 0 Å². The van der Waals surface area contributed by atoms with Crippen LogP contribution in [0.2, 0.25) is 54.4 Å². The summed E-state index contributed by atoms with van der Waals surface area (Å²) < 4.78 is 39.7. The molecule has 6 nitrogen and oxygen atoms in total. The predicted molar refractivity (Wildman–Crippen MR) is 169 cm³/mol. The lowest BCUT2D eigenvalue weighted by Crippen LogP contribution is -2.56. The summed E-state index contributed by atoms with van der Waals surface area (Å²) in [5.74, 6) is 0.473. The largest absolute Gasteiger partial charge is 0.495 e. The Kier molecular flexibility index (Phi) is 10.3. The molecule has 2 aliphatic rings. The molecule has 0 aromatic heterocycles. The second-order valence-corrected chi connectivity index (χ2v) is 30.4. The minimum atomic E-state index is -2.12. The highest BCUT2D eigenvalue weighted by molar-refractivity contribution is 6.75. The maximum atomic E-state index is 7.01. The summed E-state index contributed by atoms with van der Waals surface area (Å²) in [7, 11) is -6.26. The Morgan fingerprint density at radius 3 is 1.51 bits per heavy atom. The second kappa shape index (κ2) is 11.6. The van der Waals surface area contributed by atoms with Crippen LogP contribution in [-0.4, -0.2) is 61.6 Å². The zero-order valence-corrected chi connectivity index (χ0v) is 31.1. The van der Waals surface area contributed by atoms with E-state index < -0.39 is 25.0 Å². The van der Waals surface area contributed by atoms with Crippen molar-refractivity contribution >= 4 is 25.0 Å². The van der Waals surface area contributed by atoms with Crippen molar-refractivity contribution in [3.05, 3.63) is 24.4 Å². The van der Waals surface area contributed by atoms with E-state index in [1.54, 1.807) is 6.26 Å². The Balaban J connectivity index is 2.43. The van der Waals surface area contributed by atoms with Crippen molar-refractivity contribution in [2.45, 2.75) is 167 Å². The Morgan fingerprint density at radius 2 is 1.05 bits per heavy atom. The summed E-state index contributed by atoms with van der Waals surface area (Å²) in [5.41, 5.74) is 0. The molecule has 228 valence electrons. The molecule has 39 heavy (non-hydrogen) atoms. The third kappa shape index (κ3) is 8.25. The van der Waals surface area contributed by atoms with Gasteiger partial charge in [0.1, 0.15) is 24.4 Å². The molecule has 6 atom stereocenters. The smallest absolute Gasteiger partial charge is 0.278 e. The number of hydrogen-bond donors (Lipinski definition) is 0. The fourth-order valence-electron chi connectivity index (χ4n) is 3.77. The van der Waals surface area contributed by atoms with Gasteiger partial charge in [-0.2, -0.15) is 0 Å². The van der Waals surface area contributed by atoms with Crippen LogP contribution in [0.1, 0.15) is 76.2 Å². The molecule has 0 spiro atoms. The topological polar surface area (TPSA) is 55.4 Å². The van der Waals surface area contributed by atoms with Crippen molar-refractivity contribution in [3.8, 4) is 0 Å². The third-order valence-electron chi connectivity index (χ3n) is 9.70. The highest BCUT2D eigenvalue weighted by Gasteiger charge is 2.49. The maximum Gasteiger partial charge on any atom is 0.278 e. The molecule has 2 rings (SSSR count). The molecule has 0 amide bonds. The van der Waals surface area contributed by atoms with E-state index in [9.17, 15) is 0 Å². The van der Waals surface area contributed by atoms with Crippen molar-refractivity contribution in [2.75, 3.05) is 0 Å². The zero-order valence-electron chi connectivity index (χ0n) is 28.1. The van der Waals surface area contributed by atoms with Crippen molar-refractivity contribution in [1.29, 1.82) is 0 Å². The number of rotatable bonds is 8. The number of ether oxygens (including phenoxy) is 3. The molecule has 2 heterocycles. The summed E-state index contributed by atoms with van der Waals surface area (Å²) in [6.07, 6.45) is 4.25. The Bertz CT molecular complexity index is 892. The lowest BCUT2D eigenvalue weighted by atomic mass is 10.1. The Morgan fingerprint density at radius 1 is 0.615 bits per heavy atom. The van der Waals surface area contributed by atoms with Gasteiger partial charge >= 0.3 is 0 Å². The summed E-state index contributed by atoms with van der Waals surface area (Å²) in [6.45, 7) is 38.1. The van der Waals surface area contributed by atoms with E-state index in [4.69, 9.17) is 27.5 Å². The molecule has 0 aromatic carbocycles. The van der Waals surface area contributed by atoms with E-state index in [1.807, 2.05) is 19.1 Å². The van der Waals surface area contributed by atoms with Gasteiger partial charge in [0.25, 0.3) is 5.95 Å². The summed E-state index contributed by atoms with van der Waals surface area (Å²) in [5, 5.41) is 0.215. The standard InChI is InChI=1S/C30H60O6Si3/c1-21-26(23(18-19-31-21)34-37(12,13)28(3,4)5)33-25-20-24(35-38(14,15)29(6,7)8)27(22(2)32-25)36-39(16,17)30(9,10)11/h18-24,26-27H,1-17H3/t21-,22-,23+,24+,26-,27-/m1/s1. The van der Waals surface area contributed by atoms with E-state index in [1.165, 1.54) is 0 Å². The molecule has 0 saturated carbocycles. The molecule has 0 aromatic rings. The summed E-state index contributed by atoms with van der Waals surface area (Å²) in [4.78, 5) is 0. The lowest BCUT2D eigenvalue weighted by Gasteiger charge is -2.47. The minimum absolute atomic E-state index is 0.0591. The van der Waals surface area contributed by atoms with Crippen molar-refractivity contribution < 1.29 is 27.5 Å². The van der Waals surface area contributed by atoms with Crippen LogP contribution in [0, 0.1) is 0 Å². The molecule has 0 saturated heterocycles. The van der Waals surface area contributed by atoms with E-state index in [2.05, 4.69) is 109 Å². The first-order chi connectivity index (χ1) is 17.3. The first-order valence-corrected chi connectivity index (χ1v) is 23.4. The van der Waals surface area contributed by atoms with Gasteiger partial charge in [0.05, 0.1) is 12.4 Å². The molecule has 9 heteroatoms. The molecular weight excluding hydrogens is 541 g/mol. The van der Waals surface area contributed by atoms with E-state index in [0.29, 0.717) is 5.95 Å². The van der Waals surface area contributed by atoms with Crippen molar-refractivity contribution in [1.82, 2.24) is 0 Å². The first-order valence-electron chi connectivity index (χ1n) is 14.7. The van der Waals surface area contributed by atoms with Gasteiger partial charge in [0, 0.05) is 6.08 Å². The van der Waals surface area contributed by atoms with Crippen LogP contribution in [0.15, 0.2) is 24.4 Å². The Hall–Kier alpha value is -0.589. The zero-order chi connectivity index (χ0) is 30.4. The van der Waals surface area contributed by atoms with Crippen molar-refractivity contribution in [3.63, 3.8) is 0 Å². The molecule has 2 aliphatic heterocycles. The molecule has 0 radical (unpaired) electrons. The normalized spacial score (nSPS) is 29.4. The molecule has 0 N–H and O–H groups in total. The molecule has 0 unspecified atom stereocenters. The fraction of sp³-hybridized carbons (Fsp3) is 0.867. The molecule has 0 fully saturated rings. The van der Waals surface area contributed by atoms with Gasteiger partial charge in [-0.05, 0) is 74.3 Å². The number of hydrogen-bond acceptors (Lipinski definition) is 6. The fourth-order valence-corrected chi connectivity index (χ4v) is 7.61. The average Bonchev–Trinajstić information content (AvgIpc) is 2.70. The van der Waals surface area contributed by atoms with Crippen LogP contribution >= 0.6 is 0 Å².